The van der Waals surface area contributed by atoms with E-state index in [1.54, 1.807) is 19.1 Å². The average molecular weight is 318 g/mol. The molecule has 6 heteroatoms. The molecular weight excluding hydrogens is 302 g/mol. The minimum atomic E-state index is -0.391. The number of rotatable bonds is 4. The number of carbonyl (C=O) groups is 1. The van der Waals surface area contributed by atoms with Gasteiger partial charge in [-0.3, -0.25) is 4.79 Å². The second kappa shape index (κ2) is 6.23. The van der Waals surface area contributed by atoms with Crippen molar-refractivity contribution in [3.05, 3.63) is 47.1 Å². The molecule has 3 rings (SSSR count). The van der Waals surface area contributed by atoms with Gasteiger partial charge in [-0.05, 0) is 42.8 Å². The molecule has 0 fully saturated rings. The van der Waals surface area contributed by atoms with E-state index in [-0.39, 0.29) is 5.91 Å². The van der Waals surface area contributed by atoms with Crippen molar-refractivity contribution in [1.29, 1.82) is 0 Å². The Morgan fingerprint density at radius 1 is 1.36 bits per heavy atom. The molecular formula is C16H16ClN3O2. The van der Waals surface area contributed by atoms with Crippen molar-refractivity contribution in [3.63, 3.8) is 0 Å². The Kier molecular flexibility index (Phi) is 4.15. The fourth-order valence-electron chi connectivity index (χ4n) is 2.28. The molecule has 5 nitrogen and oxygen atoms in total. The minimum Gasteiger partial charge on any atom is -0.493 e. The largest absolute Gasteiger partial charge is 0.493 e. The molecule has 0 spiro atoms. The van der Waals surface area contributed by atoms with Gasteiger partial charge in [0.15, 0.2) is 0 Å². The number of fused-ring (bicyclic) bond motifs is 1. The van der Waals surface area contributed by atoms with Crippen molar-refractivity contribution < 1.29 is 9.53 Å². The van der Waals surface area contributed by atoms with Crippen molar-refractivity contribution in [1.82, 2.24) is 4.98 Å². The summed E-state index contributed by atoms with van der Waals surface area (Å²) >= 11 is 5.77. The summed E-state index contributed by atoms with van der Waals surface area (Å²) in [5.74, 6) is 1.24. The van der Waals surface area contributed by atoms with Crippen LogP contribution in [0.3, 0.4) is 0 Å². The quantitative estimate of drug-likeness (QED) is 0.909. The smallest absolute Gasteiger partial charge is 0.247 e. The van der Waals surface area contributed by atoms with Crippen LogP contribution >= 0.6 is 11.6 Å². The lowest BCUT2D eigenvalue weighted by Crippen LogP contribution is -2.32. The molecule has 1 unspecified atom stereocenters. The van der Waals surface area contributed by atoms with Gasteiger partial charge in [0.25, 0.3) is 0 Å². The first-order chi connectivity index (χ1) is 10.6. The lowest BCUT2D eigenvalue weighted by molar-refractivity contribution is -0.116. The Morgan fingerprint density at radius 2 is 2.23 bits per heavy atom. The summed E-state index contributed by atoms with van der Waals surface area (Å²) in [6, 6.07) is 8.82. The summed E-state index contributed by atoms with van der Waals surface area (Å²) < 4.78 is 5.47. The predicted octanol–water partition coefficient (Wildman–Crippen LogP) is 3.11. The molecule has 1 aromatic carbocycles. The van der Waals surface area contributed by atoms with Gasteiger partial charge in [0, 0.05) is 18.3 Å². The molecule has 2 aromatic rings. The lowest BCUT2D eigenvalue weighted by atomic mass is 10.1. The maximum atomic E-state index is 12.2. The first-order valence-corrected chi connectivity index (χ1v) is 7.44. The summed E-state index contributed by atoms with van der Waals surface area (Å²) in [7, 11) is 0. The molecule has 0 saturated carbocycles. The highest BCUT2D eigenvalue weighted by Crippen LogP contribution is 2.28. The van der Waals surface area contributed by atoms with Gasteiger partial charge < -0.3 is 15.4 Å². The van der Waals surface area contributed by atoms with Gasteiger partial charge in [-0.1, -0.05) is 11.6 Å². The number of amides is 1. The van der Waals surface area contributed by atoms with Gasteiger partial charge in [0.1, 0.15) is 17.6 Å². The number of nitrogens with zero attached hydrogens (tertiary/aromatic N) is 1. The standard InChI is InChI=1S/C16H16ClN3O2/c1-10(16(21)20-15-5-2-12(17)9-18-15)19-13-3-4-14-11(8-13)6-7-22-14/h2-5,8-10,19H,6-7H2,1H3,(H,18,20,21). The number of hydrogen-bond donors (Lipinski definition) is 2. The van der Waals surface area contributed by atoms with Crippen LogP contribution in [0.2, 0.25) is 5.02 Å². The van der Waals surface area contributed by atoms with E-state index in [0.717, 1.165) is 30.0 Å². The molecule has 1 aromatic heterocycles. The monoisotopic (exact) mass is 317 g/mol. The van der Waals surface area contributed by atoms with Crippen LogP contribution in [0.5, 0.6) is 5.75 Å². The Balaban J connectivity index is 1.62. The van der Waals surface area contributed by atoms with Crippen LogP contribution in [-0.2, 0) is 11.2 Å². The highest BCUT2D eigenvalue weighted by molar-refractivity contribution is 6.30. The molecule has 0 aliphatic carbocycles. The van der Waals surface area contributed by atoms with Crippen LogP contribution in [0.1, 0.15) is 12.5 Å². The molecule has 1 aliphatic rings. The third kappa shape index (κ3) is 3.31. The maximum Gasteiger partial charge on any atom is 0.247 e. The van der Waals surface area contributed by atoms with Crippen LogP contribution in [-0.4, -0.2) is 23.5 Å². The van der Waals surface area contributed by atoms with Gasteiger partial charge in [0.05, 0.1) is 11.6 Å². The first kappa shape index (κ1) is 14.7. The van der Waals surface area contributed by atoms with Crippen molar-refractivity contribution in [2.24, 2.45) is 0 Å². The second-order valence-corrected chi connectivity index (χ2v) is 5.57. The molecule has 0 saturated heterocycles. The fraction of sp³-hybridized carbons (Fsp3) is 0.250. The average Bonchev–Trinajstić information content (AvgIpc) is 2.97. The highest BCUT2D eigenvalue weighted by atomic mass is 35.5. The fourth-order valence-corrected chi connectivity index (χ4v) is 2.39. The summed E-state index contributed by atoms with van der Waals surface area (Å²) in [4.78, 5) is 16.2. The van der Waals surface area contributed by atoms with Gasteiger partial charge in [-0.2, -0.15) is 0 Å². The number of carbonyl (C=O) groups excluding carboxylic acids is 1. The van der Waals surface area contributed by atoms with Gasteiger partial charge in [-0.25, -0.2) is 4.98 Å². The van der Waals surface area contributed by atoms with Crippen LogP contribution in [0, 0.1) is 0 Å². The summed E-state index contributed by atoms with van der Waals surface area (Å²) in [6.07, 6.45) is 2.40. The third-order valence-electron chi connectivity index (χ3n) is 3.44. The molecule has 2 heterocycles. The molecule has 114 valence electrons. The summed E-state index contributed by atoms with van der Waals surface area (Å²) in [5, 5.41) is 6.46. The maximum absolute atomic E-state index is 12.2. The van der Waals surface area contributed by atoms with Gasteiger partial charge >= 0.3 is 0 Å². The van der Waals surface area contributed by atoms with E-state index in [1.807, 2.05) is 18.2 Å². The Morgan fingerprint density at radius 3 is 3.00 bits per heavy atom. The second-order valence-electron chi connectivity index (χ2n) is 5.14. The molecule has 0 radical (unpaired) electrons. The molecule has 2 N–H and O–H groups in total. The van der Waals surface area contributed by atoms with Crippen molar-refractivity contribution in [2.45, 2.75) is 19.4 Å². The normalized spacial score (nSPS) is 13.9. The van der Waals surface area contributed by atoms with Crippen LogP contribution in [0.15, 0.2) is 36.5 Å². The van der Waals surface area contributed by atoms with Crippen LogP contribution in [0.25, 0.3) is 0 Å². The first-order valence-electron chi connectivity index (χ1n) is 7.06. The van der Waals surface area contributed by atoms with E-state index >= 15 is 0 Å². The Hall–Kier alpha value is -2.27. The molecule has 1 atom stereocenters. The molecule has 1 amide bonds. The number of pyridine rings is 1. The number of benzene rings is 1. The van der Waals surface area contributed by atoms with Gasteiger partial charge in [0.2, 0.25) is 5.91 Å². The number of halogens is 1. The zero-order chi connectivity index (χ0) is 15.5. The van der Waals surface area contributed by atoms with E-state index < -0.39 is 6.04 Å². The van der Waals surface area contributed by atoms with Crippen molar-refractivity contribution in [3.8, 4) is 5.75 Å². The number of nitrogens with one attached hydrogen (secondary N) is 2. The lowest BCUT2D eigenvalue weighted by Gasteiger charge is -2.15. The summed E-state index contributed by atoms with van der Waals surface area (Å²) in [6.45, 7) is 2.52. The zero-order valence-electron chi connectivity index (χ0n) is 12.1. The van der Waals surface area contributed by atoms with Crippen LogP contribution < -0.4 is 15.4 Å². The summed E-state index contributed by atoms with van der Waals surface area (Å²) in [5.41, 5.74) is 2.06. The number of hydrogen-bond acceptors (Lipinski definition) is 4. The number of ether oxygens (including phenoxy) is 1. The highest BCUT2D eigenvalue weighted by Gasteiger charge is 2.16. The van der Waals surface area contributed by atoms with E-state index in [4.69, 9.17) is 16.3 Å². The van der Waals surface area contributed by atoms with Crippen molar-refractivity contribution >= 4 is 29.0 Å². The van der Waals surface area contributed by atoms with E-state index in [1.165, 1.54) is 6.20 Å². The van der Waals surface area contributed by atoms with E-state index in [0.29, 0.717) is 10.8 Å². The predicted molar refractivity (Wildman–Crippen MR) is 86.6 cm³/mol. The number of anilines is 2. The Labute approximate surface area is 133 Å². The SMILES string of the molecule is CC(Nc1ccc2c(c1)CCO2)C(=O)Nc1ccc(Cl)cn1. The van der Waals surface area contributed by atoms with Crippen LogP contribution in [0.4, 0.5) is 11.5 Å². The molecule has 0 bridgehead atoms. The molecule has 22 heavy (non-hydrogen) atoms. The topological polar surface area (TPSA) is 63.2 Å². The number of aromatic nitrogens is 1. The minimum absolute atomic E-state index is 0.161. The van der Waals surface area contributed by atoms with Gasteiger partial charge in [-0.15, -0.1) is 0 Å². The Bertz CT molecular complexity index is 688. The third-order valence-corrected chi connectivity index (χ3v) is 3.67. The zero-order valence-corrected chi connectivity index (χ0v) is 12.9. The molecule has 1 aliphatic heterocycles. The van der Waals surface area contributed by atoms with Crippen molar-refractivity contribution in [2.75, 3.05) is 17.2 Å². The van der Waals surface area contributed by atoms with E-state index in [9.17, 15) is 4.79 Å². The van der Waals surface area contributed by atoms with E-state index in [2.05, 4.69) is 15.6 Å².